The number of hydrogen-bond acceptors (Lipinski definition) is 6. The Morgan fingerprint density at radius 1 is 1.00 bits per heavy atom. The summed E-state index contributed by atoms with van der Waals surface area (Å²) in [4.78, 5) is 16.4. The molecule has 4 heterocycles. The highest BCUT2D eigenvalue weighted by atomic mass is 15.3. The Kier molecular flexibility index (Phi) is 4.82. The van der Waals surface area contributed by atoms with Crippen LogP contribution in [0.5, 0.6) is 0 Å². The zero-order valence-electron chi connectivity index (χ0n) is 15.7. The van der Waals surface area contributed by atoms with Crippen molar-refractivity contribution >= 4 is 11.8 Å². The number of rotatable bonds is 3. The molecule has 1 aromatic rings. The maximum absolute atomic E-state index is 5.81. The van der Waals surface area contributed by atoms with E-state index in [0.29, 0.717) is 5.95 Å². The molecule has 0 saturated carbocycles. The molecule has 0 aromatic carbocycles. The Morgan fingerprint density at radius 3 is 2.44 bits per heavy atom. The van der Waals surface area contributed by atoms with Gasteiger partial charge in [-0.2, -0.15) is 4.98 Å². The van der Waals surface area contributed by atoms with Crippen molar-refractivity contribution in [2.24, 2.45) is 0 Å². The van der Waals surface area contributed by atoms with Crippen LogP contribution in [-0.2, 0) is 0 Å². The van der Waals surface area contributed by atoms with Crippen LogP contribution in [-0.4, -0.2) is 70.6 Å². The van der Waals surface area contributed by atoms with Crippen LogP contribution in [0, 0.1) is 6.92 Å². The van der Waals surface area contributed by atoms with Crippen molar-refractivity contribution in [3.8, 4) is 0 Å². The summed E-state index contributed by atoms with van der Waals surface area (Å²) in [6, 6.07) is 4.38. The van der Waals surface area contributed by atoms with Gasteiger partial charge in [-0.05, 0) is 46.1 Å². The molecule has 0 bridgehead atoms. The maximum atomic E-state index is 5.81. The number of hydrogen-bond donors (Lipinski definition) is 1. The van der Waals surface area contributed by atoms with Crippen LogP contribution in [0.25, 0.3) is 0 Å². The first-order chi connectivity index (χ1) is 12.1. The van der Waals surface area contributed by atoms with Gasteiger partial charge in [0.1, 0.15) is 5.82 Å². The number of likely N-dealkylation sites (tertiary alicyclic amines) is 2. The average molecular weight is 345 g/mol. The summed E-state index contributed by atoms with van der Waals surface area (Å²) in [5.41, 5.74) is 6.76. The monoisotopic (exact) mass is 344 g/mol. The van der Waals surface area contributed by atoms with Crippen molar-refractivity contribution in [1.82, 2.24) is 19.8 Å². The van der Waals surface area contributed by atoms with E-state index < -0.39 is 0 Å². The maximum Gasteiger partial charge on any atom is 0.222 e. The van der Waals surface area contributed by atoms with Crippen LogP contribution in [0.2, 0.25) is 0 Å². The van der Waals surface area contributed by atoms with Crippen molar-refractivity contribution in [2.75, 3.05) is 43.4 Å². The van der Waals surface area contributed by atoms with Gasteiger partial charge in [-0.25, -0.2) is 4.98 Å². The highest BCUT2D eigenvalue weighted by Crippen LogP contribution is 2.29. The van der Waals surface area contributed by atoms with Crippen LogP contribution >= 0.6 is 0 Å². The van der Waals surface area contributed by atoms with Gasteiger partial charge in [0.2, 0.25) is 5.95 Å². The van der Waals surface area contributed by atoms with Crippen LogP contribution in [0.15, 0.2) is 6.07 Å². The molecule has 138 valence electrons. The largest absolute Gasteiger partial charge is 0.368 e. The first kappa shape index (κ1) is 17.0. The fourth-order valence-electron chi connectivity index (χ4n) is 4.86. The summed E-state index contributed by atoms with van der Waals surface area (Å²) in [6.07, 6.45) is 6.65. The molecule has 0 amide bonds. The van der Waals surface area contributed by atoms with Gasteiger partial charge in [-0.3, -0.25) is 9.80 Å². The predicted molar refractivity (Wildman–Crippen MR) is 102 cm³/mol. The molecule has 25 heavy (non-hydrogen) atoms. The number of nitrogens with two attached hydrogens (primary N) is 1. The van der Waals surface area contributed by atoms with Crippen molar-refractivity contribution in [3.05, 3.63) is 11.8 Å². The smallest absolute Gasteiger partial charge is 0.222 e. The highest BCUT2D eigenvalue weighted by molar-refractivity contribution is 5.43. The SMILES string of the molecule is Cc1cc(N2CCC(N3CC(N4CCCC[C@H]4C)C3)CC2)nc(N)n1. The lowest BCUT2D eigenvalue weighted by Gasteiger charge is -2.53. The molecule has 1 aromatic heterocycles. The molecule has 6 heteroatoms. The molecule has 1 atom stereocenters. The molecule has 0 unspecified atom stereocenters. The zero-order chi connectivity index (χ0) is 17.4. The van der Waals surface area contributed by atoms with E-state index in [1.165, 1.54) is 51.7 Å². The molecule has 0 aliphatic carbocycles. The first-order valence-electron chi connectivity index (χ1n) is 9.96. The van der Waals surface area contributed by atoms with E-state index in [0.717, 1.165) is 42.7 Å². The predicted octanol–water partition coefficient (Wildman–Crippen LogP) is 1.89. The molecular formula is C19H32N6. The lowest BCUT2D eigenvalue weighted by atomic mass is 9.93. The van der Waals surface area contributed by atoms with Gasteiger partial charge in [0.05, 0.1) is 0 Å². The first-order valence-corrected chi connectivity index (χ1v) is 9.96. The topological polar surface area (TPSA) is 61.5 Å². The number of aryl methyl sites for hydroxylation is 1. The van der Waals surface area contributed by atoms with E-state index in [9.17, 15) is 0 Å². The van der Waals surface area contributed by atoms with E-state index in [4.69, 9.17) is 5.73 Å². The Labute approximate surface area is 151 Å². The van der Waals surface area contributed by atoms with Crippen LogP contribution < -0.4 is 10.6 Å². The van der Waals surface area contributed by atoms with Gasteiger partial charge >= 0.3 is 0 Å². The second kappa shape index (κ2) is 7.08. The zero-order valence-corrected chi connectivity index (χ0v) is 15.7. The highest BCUT2D eigenvalue weighted by Gasteiger charge is 2.39. The Balaban J connectivity index is 1.27. The quantitative estimate of drug-likeness (QED) is 0.904. The fourth-order valence-corrected chi connectivity index (χ4v) is 4.86. The molecule has 3 fully saturated rings. The Morgan fingerprint density at radius 2 is 1.76 bits per heavy atom. The van der Waals surface area contributed by atoms with Crippen LogP contribution in [0.3, 0.4) is 0 Å². The second-order valence-corrected chi connectivity index (χ2v) is 8.13. The number of nitrogens with zero attached hydrogens (tertiary/aromatic N) is 5. The van der Waals surface area contributed by atoms with Crippen LogP contribution in [0.1, 0.15) is 44.7 Å². The van der Waals surface area contributed by atoms with Gasteiger partial charge in [-0.1, -0.05) is 6.42 Å². The summed E-state index contributed by atoms with van der Waals surface area (Å²) in [5.74, 6) is 1.38. The summed E-state index contributed by atoms with van der Waals surface area (Å²) in [6.45, 7) is 10.4. The van der Waals surface area contributed by atoms with Crippen molar-refractivity contribution in [1.29, 1.82) is 0 Å². The van der Waals surface area contributed by atoms with Gasteiger partial charge in [-0.15, -0.1) is 0 Å². The lowest BCUT2D eigenvalue weighted by molar-refractivity contribution is -0.0286. The third-order valence-electron chi connectivity index (χ3n) is 6.38. The molecule has 0 radical (unpaired) electrons. The van der Waals surface area contributed by atoms with Gasteiger partial charge in [0.25, 0.3) is 0 Å². The minimum absolute atomic E-state index is 0.387. The number of nitrogen functional groups attached to an aromatic ring is 1. The van der Waals surface area contributed by atoms with Crippen molar-refractivity contribution in [3.63, 3.8) is 0 Å². The fraction of sp³-hybridized carbons (Fsp3) is 0.789. The third kappa shape index (κ3) is 3.60. The normalized spacial score (nSPS) is 27.4. The summed E-state index contributed by atoms with van der Waals surface area (Å²) in [7, 11) is 0. The Bertz CT molecular complexity index is 571. The molecule has 3 saturated heterocycles. The minimum atomic E-state index is 0.387. The van der Waals surface area contributed by atoms with Crippen molar-refractivity contribution < 1.29 is 0 Å². The minimum Gasteiger partial charge on any atom is -0.368 e. The van der Waals surface area contributed by atoms with E-state index in [1.54, 1.807) is 0 Å². The van der Waals surface area contributed by atoms with E-state index in [1.807, 2.05) is 13.0 Å². The number of aromatic nitrogens is 2. The summed E-state index contributed by atoms with van der Waals surface area (Å²) in [5, 5.41) is 0. The molecule has 4 rings (SSSR count). The second-order valence-electron chi connectivity index (χ2n) is 8.13. The molecule has 3 aliphatic heterocycles. The molecular weight excluding hydrogens is 312 g/mol. The molecule has 0 spiro atoms. The van der Waals surface area contributed by atoms with Gasteiger partial charge in [0.15, 0.2) is 0 Å². The molecule has 2 N–H and O–H groups in total. The number of piperidine rings is 2. The summed E-state index contributed by atoms with van der Waals surface area (Å²) < 4.78 is 0. The third-order valence-corrected chi connectivity index (χ3v) is 6.38. The average Bonchev–Trinajstić information content (AvgIpc) is 2.55. The van der Waals surface area contributed by atoms with E-state index in [2.05, 4.69) is 31.6 Å². The Hall–Kier alpha value is -1.40. The molecule has 6 nitrogen and oxygen atoms in total. The summed E-state index contributed by atoms with van der Waals surface area (Å²) >= 11 is 0. The van der Waals surface area contributed by atoms with Gasteiger partial charge in [0, 0.05) is 56.1 Å². The van der Waals surface area contributed by atoms with E-state index >= 15 is 0 Å². The molecule has 3 aliphatic rings. The van der Waals surface area contributed by atoms with Crippen LogP contribution in [0.4, 0.5) is 11.8 Å². The van der Waals surface area contributed by atoms with Crippen molar-refractivity contribution in [2.45, 2.75) is 64.1 Å². The van der Waals surface area contributed by atoms with E-state index in [-0.39, 0.29) is 0 Å². The number of anilines is 2. The standard InChI is InChI=1S/C19H32N6/c1-14-11-18(22-19(20)21-14)23-9-6-16(7-10-23)24-12-17(13-24)25-8-4-3-5-15(25)2/h11,15-17H,3-10,12-13H2,1-2H3,(H2,20,21,22)/t15-/m1/s1. The lowest BCUT2D eigenvalue weighted by Crippen LogP contribution is -2.65. The van der Waals surface area contributed by atoms with Gasteiger partial charge < -0.3 is 10.6 Å².